The molecular weight excluding hydrogens is 174 g/mol. The van der Waals surface area contributed by atoms with E-state index in [2.05, 4.69) is 0 Å². The molecule has 0 heterocycles. The van der Waals surface area contributed by atoms with Gasteiger partial charge >= 0.3 is 0 Å². The van der Waals surface area contributed by atoms with Gasteiger partial charge in [-0.05, 0) is 12.1 Å². The summed E-state index contributed by atoms with van der Waals surface area (Å²) in [4.78, 5) is 9.52. The maximum absolute atomic E-state index is 10.0. The Labute approximate surface area is 93.0 Å². The Morgan fingerprint density at radius 2 is 1.73 bits per heavy atom. The Morgan fingerprint density at radius 1 is 1.27 bits per heavy atom. The number of nitro groups is 1. The second-order valence-electron chi connectivity index (χ2n) is 1.77. The van der Waals surface area contributed by atoms with Crippen molar-refractivity contribution in [2.45, 2.75) is 0 Å². The van der Waals surface area contributed by atoms with Crippen LogP contribution in [-0.4, -0.2) is 47.8 Å². The summed E-state index contributed by atoms with van der Waals surface area (Å²) in [6, 6.07) is 5.04. The largest absolute Gasteiger partial charge is 0.508 e. The van der Waals surface area contributed by atoms with Crippen molar-refractivity contribution in [2.75, 3.05) is 0 Å². The SMILES string of the molecule is O=[N+]([O-])c1ccc(O)cc1.[Ca]. The topological polar surface area (TPSA) is 63.4 Å². The summed E-state index contributed by atoms with van der Waals surface area (Å²) in [6.45, 7) is 0. The zero-order chi connectivity index (χ0) is 7.56. The third-order valence-corrected chi connectivity index (χ3v) is 1.06. The molecule has 0 saturated heterocycles. The molecule has 0 saturated carbocycles. The fourth-order valence-corrected chi connectivity index (χ4v) is 0.574. The summed E-state index contributed by atoms with van der Waals surface area (Å²) >= 11 is 0. The van der Waals surface area contributed by atoms with Crippen molar-refractivity contribution in [1.82, 2.24) is 0 Å². The van der Waals surface area contributed by atoms with Gasteiger partial charge in [-0.3, -0.25) is 10.1 Å². The standard InChI is InChI=1S/C6H5NO3.Ca/c8-6-3-1-5(2-4-6)7(9)10;/h1-4,8H;. The molecule has 0 aliphatic carbocycles. The van der Waals surface area contributed by atoms with Crippen LogP contribution in [-0.2, 0) is 0 Å². The summed E-state index contributed by atoms with van der Waals surface area (Å²) in [5, 5.41) is 18.8. The van der Waals surface area contributed by atoms with E-state index in [-0.39, 0.29) is 49.2 Å². The Bertz CT molecular complexity index is 247. The number of non-ortho nitro benzene ring substituents is 1. The van der Waals surface area contributed by atoms with Crippen molar-refractivity contribution in [2.24, 2.45) is 0 Å². The smallest absolute Gasteiger partial charge is 0.269 e. The summed E-state index contributed by atoms with van der Waals surface area (Å²) in [5.74, 6) is 0.0330. The summed E-state index contributed by atoms with van der Waals surface area (Å²) in [7, 11) is 0. The molecule has 1 rings (SSSR count). The minimum Gasteiger partial charge on any atom is -0.508 e. The van der Waals surface area contributed by atoms with Gasteiger partial charge in [0.2, 0.25) is 0 Å². The molecule has 0 amide bonds. The molecule has 0 unspecified atom stereocenters. The zero-order valence-corrected chi connectivity index (χ0v) is 7.94. The first-order valence-electron chi connectivity index (χ1n) is 2.63. The molecule has 4 nitrogen and oxygen atoms in total. The average Bonchev–Trinajstić information content (AvgIpc) is 1.88. The Kier molecular flexibility index (Phi) is 4.40. The Morgan fingerprint density at radius 3 is 2.09 bits per heavy atom. The number of hydrogen-bond acceptors (Lipinski definition) is 3. The van der Waals surface area contributed by atoms with Gasteiger partial charge in [0.15, 0.2) is 0 Å². The predicted octanol–water partition coefficient (Wildman–Crippen LogP) is 0.920. The maximum atomic E-state index is 10.0. The van der Waals surface area contributed by atoms with Gasteiger partial charge in [-0.2, -0.15) is 0 Å². The molecule has 0 spiro atoms. The van der Waals surface area contributed by atoms with Gasteiger partial charge in [0.1, 0.15) is 5.75 Å². The second kappa shape index (κ2) is 4.54. The van der Waals surface area contributed by atoms with E-state index in [4.69, 9.17) is 5.11 Å². The van der Waals surface area contributed by atoms with Gasteiger partial charge in [-0.15, -0.1) is 0 Å². The van der Waals surface area contributed by atoms with Gasteiger partial charge in [0.05, 0.1) is 4.92 Å². The molecule has 0 aliphatic heterocycles. The van der Waals surface area contributed by atoms with Crippen molar-refractivity contribution in [3.8, 4) is 5.75 Å². The van der Waals surface area contributed by atoms with Crippen molar-refractivity contribution >= 4 is 43.4 Å². The number of aromatic hydroxyl groups is 1. The number of phenolic OH excluding ortho intramolecular Hbond substituents is 1. The quantitative estimate of drug-likeness (QED) is 0.396. The Hall–Kier alpha value is -0.320. The Balaban J connectivity index is 0.000001000. The van der Waals surface area contributed by atoms with E-state index in [1.165, 1.54) is 24.3 Å². The molecule has 54 valence electrons. The van der Waals surface area contributed by atoms with Crippen LogP contribution >= 0.6 is 0 Å². The summed E-state index contributed by atoms with van der Waals surface area (Å²) in [6.07, 6.45) is 0. The monoisotopic (exact) mass is 179 g/mol. The first-order chi connectivity index (χ1) is 4.70. The molecule has 1 aromatic carbocycles. The summed E-state index contributed by atoms with van der Waals surface area (Å²) < 4.78 is 0. The van der Waals surface area contributed by atoms with Crippen LogP contribution in [0.3, 0.4) is 0 Å². The average molecular weight is 179 g/mol. The zero-order valence-electron chi connectivity index (χ0n) is 5.73. The van der Waals surface area contributed by atoms with E-state index >= 15 is 0 Å². The van der Waals surface area contributed by atoms with Crippen LogP contribution in [0.5, 0.6) is 5.75 Å². The molecule has 0 atom stereocenters. The van der Waals surface area contributed by atoms with Crippen LogP contribution in [0.2, 0.25) is 0 Å². The normalized spacial score (nSPS) is 8.36. The van der Waals surface area contributed by atoms with E-state index < -0.39 is 4.92 Å². The molecule has 1 aromatic rings. The van der Waals surface area contributed by atoms with E-state index in [1.807, 2.05) is 0 Å². The number of benzene rings is 1. The van der Waals surface area contributed by atoms with Gasteiger partial charge < -0.3 is 5.11 Å². The van der Waals surface area contributed by atoms with E-state index in [9.17, 15) is 10.1 Å². The van der Waals surface area contributed by atoms with Gasteiger partial charge in [-0.25, -0.2) is 0 Å². The molecule has 5 heteroatoms. The maximum Gasteiger partial charge on any atom is 0.269 e. The number of phenols is 1. The van der Waals surface area contributed by atoms with E-state index in [0.717, 1.165) is 0 Å². The molecule has 1 N–H and O–H groups in total. The van der Waals surface area contributed by atoms with Crippen molar-refractivity contribution in [3.63, 3.8) is 0 Å². The van der Waals surface area contributed by atoms with Gasteiger partial charge in [-0.1, -0.05) is 0 Å². The van der Waals surface area contributed by atoms with Crippen LogP contribution in [0.25, 0.3) is 0 Å². The van der Waals surface area contributed by atoms with Crippen molar-refractivity contribution < 1.29 is 10.0 Å². The third-order valence-electron chi connectivity index (χ3n) is 1.06. The van der Waals surface area contributed by atoms with E-state index in [0.29, 0.717) is 0 Å². The minimum atomic E-state index is -0.514. The van der Waals surface area contributed by atoms with Crippen LogP contribution in [0.1, 0.15) is 0 Å². The number of nitro benzene ring substituents is 1. The number of rotatable bonds is 1. The van der Waals surface area contributed by atoms with E-state index in [1.54, 1.807) is 0 Å². The fraction of sp³-hybridized carbons (Fsp3) is 0. The molecule has 0 fully saturated rings. The molecule has 11 heavy (non-hydrogen) atoms. The van der Waals surface area contributed by atoms with Crippen LogP contribution in [0.4, 0.5) is 5.69 Å². The third kappa shape index (κ3) is 3.05. The molecular formula is C6H5CaNO3. The first kappa shape index (κ1) is 10.7. The summed E-state index contributed by atoms with van der Waals surface area (Å²) in [5.41, 5.74) is -0.0159. The first-order valence-corrected chi connectivity index (χ1v) is 2.63. The molecule has 0 bridgehead atoms. The predicted molar refractivity (Wildman–Crippen MR) is 40.5 cm³/mol. The molecule has 2 radical (unpaired) electrons. The molecule has 0 aliphatic rings. The van der Waals surface area contributed by atoms with Crippen LogP contribution in [0, 0.1) is 10.1 Å². The van der Waals surface area contributed by atoms with Crippen molar-refractivity contribution in [1.29, 1.82) is 0 Å². The van der Waals surface area contributed by atoms with Gasteiger partial charge in [0.25, 0.3) is 5.69 Å². The number of hydrogen-bond donors (Lipinski definition) is 1. The fourth-order valence-electron chi connectivity index (χ4n) is 0.574. The van der Waals surface area contributed by atoms with Gasteiger partial charge in [0, 0.05) is 49.9 Å². The number of nitrogens with zero attached hydrogens (tertiary/aromatic N) is 1. The second-order valence-corrected chi connectivity index (χ2v) is 1.77. The van der Waals surface area contributed by atoms with Crippen LogP contribution in [0.15, 0.2) is 24.3 Å². The van der Waals surface area contributed by atoms with Crippen LogP contribution < -0.4 is 0 Å². The molecule has 0 aromatic heterocycles. The van der Waals surface area contributed by atoms with Crippen molar-refractivity contribution in [3.05, 3.63) is 34.4 Å². The minimum absolute atomic E-state index is 0.